The van der Waals surface area contributed by atoms with Gasteiger partial charge in [-0.2, -0.15) is 0 Å². The maximum Gasteiger partial charge on any atom is 0.289 e. The predicted octanol–water partition coefficient (Wildman–Crippen LogP) is 3.12. The number of aromatic nitrogens is 1. The van der Waals surface area contributed by atoms with Crippen LogP contribution in [0.3, 0.4) is 0 Å². The van der Waals surface area contributed by atoms with E-state index in [1.54, 1.807) is 0 Å². The van der Waals surface area contributed by atoms with E-state index in [2.05, 4.69) is 4.98 Å². The van der Waals surface area contributed by atoms with Crippen molar-refractivity contribution in [2.45, 2.75) is 18.8 Å². The molecule has 0 bridgehead atoms. The molecule has 1 saturated heterocycles. The molecular formula is C12H12ClF2N3O2. The molecule has 1 aromatic heterocycles. The molecule has 1 aliphatic heterocycles. The Labute approximate surface area is 118 Å². The second-order valence-electron chi connectivity index (χ2n) is 5.45. The Kier molecular flexibility index (Phi) is 3.04. The monoisotopic (exact) mass is 303 g/mol. The molecule has 2 heterocycles. The lowest BCUT2D eigenvalue weighted by Crippen LogP contribution is -2.25. The van der Waals surface area contributed by atoms with Crippen molar-refractivity contribution in [1.29, 1.82) is 0 Å². The first kappa shape index (κ1) is 13.5. The fraction of sp³-hybridized carbons (Fsp3) is 0.583. The highest BCUT2D eigenvalue weighted by Gasteiger charge is 2.50. The molecule has 1 saturated carbocycles. The lowest BCUT2D eigenvalue weighted by molar-refractivity contribution is -0.385. The van der Waals surface area contributed by atoms with Gasteiger partial charge in [-0.1, -0.05) is 11.6 Å². The fourth-order valence-electron chi connectivity index (χ4n) is 3.18. The second-order valence-corrected chi connectivity index (χ2v) is 5.85. The summed E-state index contributed by atoms with van der Waals surface area (Å²) in [4.78, 5) is 15.9. The number of nitro groups is 1. The Hall–Kier alpha value is -1.50. The minimum atomic E-state index is -2.56. The first-order valence-corrected chi connectivity index (χ1v) is 6.66. The van der Waals surface area contributed by atoms with Crippen LogP contribution in [0.5, 0.6) is 0 Å². The van der Waals surface area contributed by atoms with E-state index in [4.69, 9.17) is 11.6 Å². The number of hydrogen-bond acceptors (Lipinski definition) is 4. The van der Waals surface area contributed by atoms with E-state index in [-0.39, 0.29) is 35.4 Å². The van der Waals surface area contributed by atoms with Crippen LogP contribution in [0.2, 0.25) is 5.02 Å². The lowest BCUT2D eigenvalue weighted by atomic mass is 10.0. The summed E-state index contributed by atoms with van der Waals surface area (Å²) in [6.07, 6.45) is 0.946. The maximum absolute atomic E-state index is 13.3. The van der Waals surface area contributed by atoms with E-state index in [0.717, 1.165) is 6.20 Å². The minimum absolute atomic E-state index is 0.0574. The summed E-state index contributed by atoms with van der Waals surface area (Å²) in [5.74, 6) is -2.24. The molecule has 5 nitrogen and oxygen atoms in total. The molecule has 3 rings (SSSR count). The molecular weight excluding hydrogens is 292 g/mol. The number of halogens is 3. The van der Waals surface area contributed by atoms with Crippen LogP contribution in [0.4, 0.5) is 20.3 Å². The number of pyridine rings is 1. The molecule has 108 valence electrons. The summed E-state index contributed by atoms with van der Waals surface area (Å²) in [7, 11) is 0. The van der Waals surface area contributed by atoms with Crippen molar-refractivity contribution in [3.63, 3.8) is 0 Å². The van der Waals surface area contributed by atoms with Gasteiger partial charge >= 0.3 is 0 Å². The van der Waals surface area contributed by atoms with Gasteiger partial charge in [-0.15, -0.1) is 0 Å². The third-order valence-electron chi connectivity index (χ3n) is 4.02. The van der Waals surface area contributed by atoms with Gasteiger partial charge in [-0.25, -0.2) is 13.8 Å². The highest BCUT2D eigenvalue weighted by molar-refractivity contribution is 6.33. The smallest absolute Gasteiger partial charge is 0.289 e. The molecule has 0 amide bonds. The second kappa shape index (κ2) is 4.51. The van der Waals surface area contributed by atoms with Crippen LogP contribution in [0.25, 0.3) is 0 Å². The molecule has 2 fully saturated rings. The molecule has 2 atom stereocenters. The summed E-state index contributed by atoms with van der Waals surface area (Å²) >= 11 is 6.01. The van der Waals surface area contributed by atoms with Crippen LogP contribution in [0, 0.1) is 22.0 Å². The van der Waals surface area contributed by atoms with Crippen molar-refractivity contribution < 1.29 is 13.7 Å². The van der Waals surface area contributed by atoms with Gasteiger partial charge < -0.3 is 4.90 Å². The molecule has 1 aliphatic carbocycles. The standard InChI is InChI=1S/C12H12ClF2N3O2/c13-10-1-9(18(19)20)4-16-11(10)17-5-7-2-12(14,15)3-8(7)6-17/h1,4,7-8H,2-3,5-6H2/t7-,8+. The van der Waals surface area contributed by atoms with Gasteiger partial charge in [0.2, 0.25) is 5.92 Å². The Bertz CT molecular complexity index is 554. The van der Waals surface area contributed by atoms with E-state index < -0.39 is 10.8 Å². The van der Waals surface area contributed by atoms with Gasteiger partial charge in [0.25, 0.3) is 5.69 Å². The number of fused-ring (bicyclic) bond motifs is 1. The van der Waals surface area contributed by atoms with Crippen molar-refractivity contribution in [3.8, 4) is 0 Å². The van der Waals surface area contributed by atoms with E-state index in [0.29, 0.717) is 18.9 Å². The normalized spacial score (nSPS) is 27.6. The lowest BCUT2D eigenvalue weighted by Gasteiger charge is -2.20. The van der Waals surface area contributed by atoms with Gasteiger partial charge in [0.05, 0.1) is 9.95 Å². The average Bonchev–Trinajstić information content (AvgIpc) is 2.81. The Morgan fingerprint density at radius 1 is 1.40 bits per heavy atom. The topological polar surface area (TPSA) is 59.3 Å². The molecule has 1 aromatic rings. The number of anilines is 1. The van der Waals surface area contributed by atoms with Crippen LogP contribution >= 0.6 is 11.6 Å². The number of hydrogen-bond donors (Lipinski definition) is 0. The first-order valence-electron chi connectivity index (χ1n) is 6.28. The molecule has 0 spiro atoms. The van der Waals surface area contributed by atoms with Gasteiger partial charge in [0, 0.05) is 32.0 Å². The molecule has 0 radical (unpaired) electrons. The van der Waals surface area contributed by atoms with Crippen molar-refractivity contribution in [2.24, 2.45) is 11.8 Å². The maximum atomic E-state index is 13.3. The largest absolute Gasteiger partial charge is 0.355 e. The Balaban J connectivity index is 1.78. The van der Waals surface area contributed by atoms with Gasteiger partial charge in [0.15, 0.2) is 0 Å². The SMILES string of the molecule is O=[N+]([O-])c1cnc(N2C[C@@H]3CC(F)(F)C[C@@H]3C2)c(Cl)c1. The molecule has 20 heavy (non-hydrogen) atoms. The average molecular weight is 304 g/mol. The van der Waals surface area contributed by atoms with Crippen molar-refractivity contribution in [1.82, 2.24) is 4.98 Å². The van der Waals surface area contributed by atoms with Gasteiger partial charge in [-0.3, -0.25) is 10.1 Å². The van der Waals surface area contributed by atoms with Crippen LogP contribution in [0.15, 0.2) is 12.3 Å². The van der Waals surface area contributed by atoms with Crippen molar-refractivity contribution >= 4 is 23.1 Å². The molecule has 0 aromatic carbocycles. The van der Waals surface area contributed by atoms with Crippen LogP contribution < -0.4 is 4.90 Å². The van der Waals surface area contributed by atoms with Crippen LogP contribution in [-0.2, 0) is 0 Å². The summed E-state index contributed by atoms with van der Waals surface area (Å²) in [5.41, 5.74) is -0.176. The quantitative estimate of drug-likeness (QED) is 0.622. The summed E-state index contributed by atoms with van der Waals surface area (Å²) < 4.78 is 26.6. The van der Waals surface area contributed by atoms with Crippen LogP contribution in [-0.4, -0.2) is 28.9 Å². The minimum Gasteiger partial charge on any atom is -0.355 e. The predicted molar refractivity (Wildman–Crippen MR) is 69.3 cm³/mol. The van der Waals surface area contributed by atoms with Gasteiger partial charge in [0.1, 0.15) is 12.0 Å². The summed E-state index contributed by atoms with van der Waals surface area (Å²) in [6.45, 7) is 0.954. The van der Waals surface area contributed by atoms with Gasteiger partial charge in [-0.05, 0) is 11.8 Å². The van der Waals surface area contributed by atoms with Crippen molar-refractivity contribution in [3.05, 3.63) is 27.4 Å². The Morgan fingerprint density at radius 3 is 2.50 bits per heavy atom. The molecule has 2 aliphatic rings. The third kappa shape index (κ3) is 2.30. The highest BCUT2D eigenvalue weighted by Crippen LogP contribution is 2.48. The number of nitrogens with zero attached hydrogens (tertiary/aromatic N) is 3. The van der Waals surface area contributed by atoms with E-state index >= 15 is 0 Å². The van der Waals surface area contributed by atoms with Crippen LogP contribution in [0.1, 0.15) is 12.8 Å². The molecule has 8 heteroatoms. The van der Waals surface area contributed by atoms with Crippen molar-refractivity contribution in [2.75, 3.05) is 18.0 Å². The number of rotatable bonds is 2. The van der Waals surface area contributed by atoms with E-state index in [1.165, 1.54) is 6.07 Å². The third-order valence-corrected chi connectivity index (χ3v) is 4.29. The number of alkyl halides is 2. The zero-order chi connectivity index (χ0) is 14.5. The van der Waals surface area contributed by atoms with E-state index in [9.17, 15) is 18.9 Å². The Morgan fingerprint density at radius 2 is 2.00 bits per heavy atom. The first-order chi connectivity index (χ1) is 9.35. The highest BCUT2D eigenvalue weighted by atomic mass is 35.5. The zero-order valence-corrected chi connectivity index (χ0v) is 11.2. The summed E-state index contributed by atoms with van der Waals surface area (Å²) in [5, 5.41) is 10.8. The molecule has 0 unspecified atom stereocenters. The zero-order valence-electron chi connectivity index (χ0n) is 10.4. The van der Waals surface area contributed by atoms with E-state index in [1.807, 2.05) is 4.90 Å². The molecule has 0 N–H and O–H groups in total. The fourth-order valence-corrected chi connectivity index (χ4v) is 3.46. The summed E-state index contributed by atoms with van der Waals surface area (Å²) in [6, 6.07) is 1.24.